The fourth-order valence-electron chi connectivity index (χ4n) is 2.93. The molecular weight excluding hydrogens is 341 g/mol. The van der Waals surface area contributed by atoms with Crippen molar-refractivity contribution in [2.75, 3.05) is 38.0 Å². The quantitative estimate of drug-likeness (QED) is 0.888. The van der Waals surface area contributed by atoms with E-state index in [0.29, 0.717) is 5.02 Å². The van der Waals surface area contributed by atoms with Crippen LogP contribution in [0, 0.1) is 5.82 Å². The highest BCUT2D eigenvalue weighted by molar-refractivity contribution is 6.30. The summed E-state index contributed by atoms with van der Waals surface area (Å²) in [6, 6.07) is 14.5. The average molecular weight is 362 g/mol. The second-order valence-corrected chi connectivity index (χ2v) is 6.65. The van der Waals surface area contributed by atoms with Crippen molar-refractivity contribution < 1.29 is 9.18 Å². The third-order valence-corrected chi connectivity index (χ3v) is 4.52. The minimum Gasteiger partial charge on any atom is -0.322 e. The van der Waals surface area contributed by atoms with E-state index in [0.717, 1.165) is 32.7 Å². The first kappa shape index (κ1) is 17.9. The molecule has 0 aromatic heterocycles. The number of hydrogen-bond acceptors (Lipinski definition) is 3. The first-order valence-corrected chi connectivity index (χ1v) is 8.71. The second-order valence-electron chi connectivity index (χ2n) is 6.21. The molecule has 4 nitrogen and oxygen atoms in total. The number of amides is 1. The highest BCUT2D eigenvalue weighted by Gasteiger charge is 2.19. The lowest BCUT2D eigenvalue weighted by molar-refractivity contribution is -0.117. The zero-order chi connectivity index (χ0) is 17.6. The van der Waals surface area contributed by atoms with Gasteiger partial charge in [-0.05, 0) is 23.8 Å². The molecule has 1 saturated heterocycles. The van der Waals surface area contributed by atoms with Crippen LogP contribution in [0.3, 0.4) is 0 Å². The SMILES string of the molecule is O=C(CN1CCN(Cc2ccccc2)CC1)Nc1cc(Cl)ccc1F. The summed E-state index contributed by atoms with van der Waals surface area (Å²) in [6.07, 6.45) is 0. The van der Waals surface area contributed by atoms with Gasteiger partial charge in [-0.15, -0.1) is 0 Å². The summed E-state index contributed by atoms with van der Waals surface area (Å²) in [7, 11) is 0. The third-order valence-electron chi connectivity index (χ3n) is 4.28. The first-order valence-electron chi connectivity index (χ1n) is 8.34. The summed E-state index contributed by atoms with van der Waals surface area (Å²) < 4.78 is 13.7. The molecule has 0 spiro atoms. The van der Waals surface area contributed by atoms with Crippen molar-refractivity contribution in [1.82, 2.24) is 9.80 Å². The Morgan fingerprint density at radius 1 is 1.04 bits per heavy atom. The highest BCUT2D eigenvalue weighted by atomic mass is 35.5. The van der Waals surface area contributed by atoms with Crippen molar-refractivity contribution in [1.29, 1.82) is 0 Å². The second kappa shape index (κ2) is 8.43. The number of carbonyl (C=O) groups excluding carboxylic acids is 1. The lowest BCUT2D eigenvalue weighted by atomic mass is 10.2. The maximum absolute atomic E-state index is 13.7. The van der Waals surface area contributed by atoms with Crippen LogP contribution >= 0.6 is 11.6 Å². The Balaban J connectivity index is 1.45. The van der Waals surface area contributed by atoms with E-state index < -0.39 is 5.82 Å². The Labute approximate surface area is 152 Å². The number of nitrogens with zero attached hydrogens (tertiary/aromatic N) is 2. The van der Waals surface area contributed by atoms with Gasteiger partial charge in [0.25, 0.3) is 0 Å². The molecule has 1 fully saturated rings. The number of benzene rings is 2. The number of anilines is 1. The van der Waals surface area contributed by atoms with Crippen LogP contribution in [0.4, 0.5) is 10.1 Å². The number of nitrogens with one attached hydrogen (secondary N) is 1. The van der Waals surface area contributed by atoms with Crippen molar-refractivity contribution >= 4 is 23.2 Å². The molecule has 132 valence electrons. The normalized spacial score (nSPS) is 15.9. The lowest BCUT2D eigenvalue weighted by Crippen LogP contribution is -2.48. The van der Waals surface area contributed by atoms with Gasteiger partial charge in [-0.1, -0.05) is 41.9 Å². The number of piperazine rings is 1. The Bertz CT molecular complexity index is 718. The van der Waals surface area contributed by atoms with Crippen molar-refractivity contribution in [2.24, 2.45) is 0 Å². The summed E-state index contributed by atoms with van der Waals surface area (Å²) in [6.45, 7) is 4.64. The van der Waals surface area contributed by atoms with Gasteiger partial charge < -0.3 is 5.32 Å². The number of carbonyl (C=O) groups is 1. The minimum atomic E-state index is -0.481. The smallest absolute Gasteiger partial charge is 0.238 e. The van der Waals surface area contributed by atoms with Crippen molar-refractivity contribution in [3.8, 4) is 0 Å². The Hall–Kier alpha value is -1.95. The van der Waals surface area contributed by atoms with Crippen molar-refractivity contribution in [3.05, 3.63) is 64.9 Å². The van der Waals surface area contributed by atoms with Crippen LogP contribution in [0.25, 0.3) is 0 Å². The predicted molar refractivity (Wildman–Crippen MR) is 98.2 cm³/mol. The summed E-state index contributed by atoms with van der Waals surface area (Å²) in [5, 5.41) is 2.99. The average Bonchev–Trinajstić information content (AvgIpc) is 2.61. The minimum absolute atomic E-state index is 0.125. The molecule has 1 aliphatic heterocycles. The molecule has 6 heteroatoms. The zero-order valence-electron chi connectivity index (χ0n) is 13.9. The van der Waals surface area contributed by atoms with Gasteiger partial charge in [-0.3, -0.25) is 14.6 Å². The molecule has 25 heavy (non-hydrogen) atoms. The Kier molecular flexibility index (Phi) is 6.02. The lowest BCUT2D eigenvalue weighted by Gasteiger charge is -2.34. The molecule has 0 atom stereocenters. The fourth-order valence-corrected chi connectivity index (χ4v) is 3.11. The van der Waals surface area contributed by atoms with Crippen LogP contribution in [0.2, 0.25) is 5.02 Å². The molecule has 3 rings (SSSR count). The maximum Gasteiger partial charge on any atom is 0.238 e. The van der Waals surface area contributed by atoms with Crippen LogP contribution in [0.5, 0.6) is 0 Å². The summed E-state index contributed by atoms with van der Waals surface area (Å²) >= 11 is 5.84. The zero-order valence-corrected chi connectivity index (χ0v) is 14.7. The van der Waals surface area contributed by atoms with Crippen LogP contribution in [-0.4, -0.2) is 48.4 Å². The van der Waals surface area contributed by atoms with E-state index >= 15 is 0 Å². The van der Waals surface area contributed by atoms with Crippen LogP contribution in [0.15, 0.2) is 48.5 Å². The molecule has 1 heterocycles. The number of rotatable bonds is 5. The fraction of sp³-hybridized carbons (Fsp3) is 0.316. The molecule has 2 aromatic rings. The number of halogens is 2. The summed E-state index contributed by atoms with van der Waals surface area (Å²) in [4.78, 5) is 16.6. The van der Waals surface area contributed by atoms with Gasteiger partial charge in [0.05, 0.1) is 12.2 Å². The molecular formula is C19H21ClFN3O. The predicted octanol–water partition coefficient (Wildman–Crippen LogP) is 3.24. The van der Waals surface area contributed by atoms with Gasteiger partial charge in [-0.2, -0.15) is 0 Å². The van der Waals surface area contributed by atoms with E-state index in [1.54, 1.807) is 0 Å². The van der Waals surface area contributed by atoms with Crippen molar-refractivity contribution in [2.45, 2.75) is 6.54 Å². The van der Waals surface area contributed by atoms with Gasteiger partial charge in [-0.25, -0.2) is 4.39 Å². The van der Waals surface area contributed by atoms with E-state index in [4.69, 9.17) is 11.6 Å². The Morgan fingerprint density at radius 2 is 1.72 bits per heavy atom. The van der Waals surface area contributed by atoms with E-state index in [2.05, 4.69) is 27.2 Å². The van der Waals surface area contributed by atoms with E-state index in [1.807, 2.05) is 18.2 Å². The largest absolute Gasteiger partial charge is 0.322 e. The van der Waals surface area contributed by atoms with E-state index in [9.17, 15) is 9.18 Å². The summed E-state index contributed by atoms with van der Waals surface area (Å²) in [5.41, 5.74) is 1.42. The molecule has 0 unspecified atom stereocenters. The standard InChI is InChI=1S/C19H21ClFN3O/c20-16-6-7-17(21)18(12-16)22-19(25)14-24-10-8-23(9-11-24)13-15-4-2-1-3-5-15/h1-7,12H,8-11,13-14H2,(H,22,25). The third kappa shape index (κ3) is 5.26. The molecule has 1 aliphatic rings. The van der Waals surface area contributed by atoms with Gasteiger partial charge in [0, 0.05) is 37.7 Å². The van der Waals surface area contributed by atoms with E-state index in [-0.39, 0.29) is 18.1 Å². The molecule has 0 aliphatic carbocycles. The summed E-state index contributed by atoms with van der Waals surface area (Å²) in [5.74, 6) is -0.705. The van der Waals surface area contributed by atoms with Crippen LogP contribution in [-0.2, 0) is 11.3 Å². The molecule has 1 amide bonds. The monoisotopic (exact) mass is 361 g/mol. The van der Waals surface area contributed by atoms with Crippen molar-refractivity contribution in [3.63, 3.8) is 0 Å². The molecule has 2 aromatic carbocycles. The van der Waals surface area contributed by atoms with Gasteiger partial charge in [0.15, 0.2) is 0 Å². The topological polar surface area (TPSA) is 35.6 Å². The molecule has 0 bridgehead atoms. The number of hydrogen-bond donors (Lipinski definition) is 1. The van der Waals surface area contributed by atoms with Gasteiger partial charge >= 0.3 is 0 Å². The van der Waals surface area contributed by atoms with Crippen LogP contribution in [0.1, 0.15) is 5.56 Å². The van der Waals surface area contributed by atoms with Crippen LogP contribution < -0.4 is 5.32 Å². The Morgan fingerprint density at radius 3 is 2.44 bits per heavy atom. The molecule has 1 N–H and O–H groups in total. The highest BCUT2D eigenvalue weighted by Crippen LogP contribution is 2.19. The first-order chi connectivity index (χ1) is 12.1. The van der Waals surface area contributed by atoms with Gasteiger partial charge in [0.1, 0.15) is 5.82 Å². The van der Waals surface area contributed by atoms with E-state index in [1.165, 1.54) is 23.8 Å². The maximum atomic E-state index is 13.7. The molecule has 0 saturated carbocycles. The van der Waals surface area contributed by atoms with Gasteiger partial charge in [0.2, 0.25) is 5.91 Å². The molecule has 0 radical (unpaired) electrons.